The Bertz CT molecular complexity index is 944. The lowest BCUT2D eigenvalue weighted by molar-refractivity contribution is -0.127. The van der Waals surface area contributed by atoms with Gasteiger partial charge in [-0.3, -0.25) is 14.5 Å². The molecule has 8 heteroatoms. The van der Waals surface area contributed by atoms with Crippen molar-refractivity contribution in [2.45, 2.75) is 20.0 Å². The van der Waals surface area contributed by atoms with Crippen molar-refractivity contribution in [1.29, 1.82) is 0 Å². The van der Waals surface area contributed by atoms with Crippen molar-refractivity contribution in [1.82, 2.24) is 0 Å². The summed E-state index contributed by atoms with van der Waals surface area (Å²) in [5.74, 6) is -1.65. The third kappa shape index (κ3) is 3.73. The van der Waals surface area contributed by atoms with Crippen molar-refractivity contribution in [2.24, 2.45) is 0 Å². The summed E-state index contributed by atoms with van der Waals surface area (Å²) < 4.78 is 5.50. The Hall–Kier alpha value is -3.06. The fourth-order valence-corrected chi connectivity index (χ4v) is 2.96. The zero-order chi connectivity index (χ0) is 19.7. The van der Waals surface area contributed by atoms with E-state index in [4.69, 9.17) is 21.4 Å². The molecule has 0 bridgehead atoms. The molecular formula is C19H17ClN2O5. The highest BCUT2D eigenvalue weighted by Crippen LogP contribution is 2.35. The van der Waals surface area contributed by atoms with Gasteiger partial charge in [0.05, 0.1) is 11.3 Å². The molecular weight excluding hydrogens is 372 g/mol. The molecule has 140 valence electrons. The summed E-state index contributed by atoms with van der Waals surface area (Å²) in [6, 6.07) is 9.31. The van der Waals surface area contributed by atoms with Crippen LogP contribution in [0, 0.1) is 6.92 Å². The van der Waals surface area contributed by atoms with Crippen molar-refractivity contribution in [3.63, 3.8) is 0 Å². The molecule has 3 rings (SSSR count). The SMILES string of the molecule is Cc1c(Cl)cccc1NC(=O)CN1C(=O)C(C)Oc2cc(C(=O)O)ccc21. The first kappa shape index (κ1) is 18.7. The van der Waals surface area contributed by atoms with Gasteiger partial charge in [-0.25, -0.2) is 4.79 Å². The topological polar surface area (TPSA) is 95.9 Å². The number of carboxylic acid groups (broad SMARTS) is 1. The number of rotatable bonds is 4. The second-order valence-electron chi connectivity index (χ2n) is 6.13. The molecule has 1 aliphatic heterocycles. The van der Waals surface area contributed by atoms with E-state index in [1.165, 1.54) is 23.1 Å². The summed E-state index contributed by atoms with van der Waals surface area (Å²) in [4.78, 5) is 37.4. The summed E-state index contributed by atoms with van der Waals surface area (Å²) in [7, 11) is 0. The maximum atomic E-state index is 12.5. The molecule has 0 radical (unpaired) electrons. The Morgan fingerprint density at radius 3 is 2.74 bits per heavy atom. The minimum Gasteiger partial charge on any atom is -0.479 e. The lowest BCUT2D eigenvalue weighted by Gasteiger charge is -2.32. The van der Waals surface area contributed by atoms with Gasteiger partial charge in [0.25, 0.3) is 5.91 Å². The van der Waals surface area contributed by atoms with Crippen molar-refractivity contribution in [2.75, 3.05) is 16.8 Å². The lowest BCUT2D eigenvalue weighted by atomic mass is 10.1. The van der Waals surface area contributed by atoms with E-state index in [2.05, 4.69) is 5.32 Å². The third-order valence-corrected chi connectivity index (χ3v) is 4.67. The van der Waals surface area contributed by atoms with E-state index in [0.717, 1.165) is 5.56 Å². The highest BCUT2D eigenvalue weighted by molar-refractivity contribution is 6.31. The molecule has 0 saturated carbocycles. The average molecular weight is 389 g/mol. The second kappa shape index (κ2) is 7.28. The van der Waals surface area contributed by atoms with Crippen LogP contribution in [-0.2, 0) is 9.59 Å². The van der Waals surface area contributed by atoms with Crippen LogP contribution in [0.15, 0.2) is 36.4 Å². The number of nitrogens with zero attached hydrogens (tertiary/aromatic N) is 1. The van der Waals surface area contributed by atoms with Crippen LogP contribution in [0.3, 0.4) is 0 Å². The largest absolute Gasteiger partial charge is 0.479 e. The molecule has 0 aromatic heterocycles. The van der Waals surface area contributed by atoms with E-state index in [9.17, 15) is 14.4 Å². The quantitative estimate of drug-likeness (QED) is 0.839. The molecule has 1 unspecified atom stereocenters. The molecule has 0 fully saturated rings. The van der Waals surface area contributed by atoms with Gasteiger partial charge in [0.2, 0.25) is 5.91 Å². The van der Waals surface area contributed by atoms with Crippen molar-refractivity contribution < 1.29 is 24.2 Å². The van der Waals surface area contributed by atoms with E-state index in [1.807, 2.05) is 0 Å². The fraction of sp³-hybridized carbons (Fsp3) is 0.211. The zero-order valence-electron chi connectivity index (χ0n) is 14.7. The maximum absolute atomic E-state index is 12.5. The predicted molar refractivity (Wildman–Crippen MR) is 101 cm³/mol. The lowest BCUT2D eigenvalue weighted by Crippen LogP contribution is -2.47. The molecule has 1 heterocycles. The van der Waals surface area contributed by atoms with Crippen LogP contribution in [0.4, 0.5) is 11.4 Å². The highest BCUT2D eigenvalue weighted by Gasteiger charge is 2.33. The van der Waals surface area contributed by atoms with Gasteiger partial charge in [-0.1, -0.05) is 17.7 Å². The van der Waals surface area contributed by atoms with E-state index < -0.39 is 18.0 Å². The molecule has 0 aliphatic carbocycles. The Morgan fingerprint density at radius 1 is 1.30 bits per heavy atom. The van der Waals surface area contributed by atoms with Gasteiger partial charge < -0.3 is 15.2 Å². The number of aromatic carboxylic acids is 1. The number of carboxylic acids is 1. The number of ether oxygens (including phenoxy) is 1. The second-order valence-corrected chi connectivity index (χ2v) is 6.54. The maximum Gasteiger partial charge on any atom is 0.335 e. The van der Waals surface area contributed by atoms with Gasteiger partial charge >= 0.3 is 5.97 Å². The summed E-state index contributed by atoms with van der Waals surface area (Å²) in [5, 5.41) is 12.4. The average Bonchev–Trinajstić information content (AvgIpc) is 2.62. The summed E-state index contributed by atoms with van der Waals surface area (Å²) in [6.45, 7) is 3.09. The summed E-state index contributed by atoms with van der Waals surface area (Å²) in [5.41, 5.74) is 1.67. The molecule has 7 nitrogen and oxygen atoms in total. The van der Waals surface area contributed by atoms with Gasteiger partial charge in [0.1, 0.15) is 12.3 Å². The Balaban J connectivity index is 1.85. The van der Waals surface area contributed by atoms with Gasteiger partial charge in [-0.05, 0) is 49.7 Å². The molecule has 27 heavy (non-hydrogen) atoms. The van der Waals surface area contributed by atoms with Crippen LogP contribution in [0.5, 0.6) is 5.75 Å². The van der Waals surface area contributed by atoms with E-state index in [1.54, 1.807) is 32.0 Å². The Kier molecular flexibility index (Phi) is 5.05. The first-order valence-electron chi connectivity index (χ1n) is 8.18. The van der Waals surface area contributed by atoms with Gasteiger partial charge in [0, 0.05) is 10.7 Å². The predicted octanol–water partition coefficient (Wildman–Crippen LogP) is 3.10. The van der Waals surface area contributed by atoms with Gasteiger partial charge in [0.15, 0.2) is 6.10 Å². The van der Waals surface area contributed by atoms with E-state index in [0.29, 0.717) is 16.4 Å². The van der Waals surface area contributed by atoms with Crippen LogP contribution in [-0.4, -0.2) is 35.5 Å². The van der Waals surface area contributed by atoms with E-state index in [-0.39, 0.29) is 23.8 Å². The smallest absolute Gasteiger partial charge is 0.335 e. The minimum atomic E-state index is -1.10. The number of hydrogen-bond acceptors (Lipinski definition) is 4. The van der Waals surface area contributed by atoms with Crippen LogP contribution in [0.2, 0.25) is 5.02 Å². The van der Waals surface area contributed by atoms with Crippen LogP contribution < -0.4 is 15.0 Å². The number of carbonyl (C=O) groups is 3. The number of halogens is 1. The number of anilines is 2. The molecule has 2 N–H and O–H groups in total. The normalized spacial score (nSPS) is 15.7. The van der Waals surface area contributed by atoms with Crippen molar-refractivity contribution >= 4 is 40.8 Å². The molecule has 2 amide bonds. The number of hydrogen-bond donors (Lipinski definition) is 2. The van der Waals surface area contributed by atoms with Gasteiger partial charge in [-0.15, -0.1) is 0 Å². The fourth-order valence-electron chi connectivity index (χ4n) is 2.78. The van der Waals surface area contributed by atoms with Crippen LogP contribution in [0.25, 0.3) is 0 Å². The number of amides is 2. The summed E-state index contributed by atoms with van der Waals surface area (Å²) in [6.07, 6.45) is -0.831. The summed E-state index contributed by atoms with van der Waals surface area (Å²) >= 11 is 6.06. The number of carbonyl (C=O) groups excluding carboxylic acids is 2. The van der Waals surface area contributed by atoms with Crippen LogP contribution in [0.1, 0.15) is 22.8 Å². The molecule has 1 aliphatic rings. The minimum absolute atomic E-state index is 0.0363. The number of fused-ring (bicyclic) bond motifs is 1. The van der Waals surface area contributed by atoms with Gasteiger partial charge in [-0.2, -0.15) is 0 Å². The monoisotopic (exact) mass is 388 g/mol. The molecule has 2 aromatic carbocycles. The standard InChI is InChI=1S/C19H17ClN2O5/c1-10-13(20)4-3-5-14(10)21-17(23)9-22-15-7-6-12(19(25)26)8-16(15)27-11(2)18(22)24/h3-8,11H,9H2,1-2H3,(H,21,23)(H,25,26). The Morgan fingerprint density at radius 2 is 2.04 bits per heavy atom. The Labute approximate surface area is 160 Å². The van der Waals surface area contributed by atoms with Crippen molar-refractivity contribution in [3.8, 4) is 5.75 Å². The number of nitrogens with one attached hydrogen (secondary N) is 1. The molecule has 1 atom stereocenters. The van der Waals surface area contributed by atoms with Crippen molar-refractivity contribution in [3.05, 3.63) is 52.5 Å². The van der Waals surface area contributed by atoms with Crippen LogP contribution >= 0.6 is 11.6 Å². The first-order chi connectivity index (χ1) is 12.8. The highest BCUT2D eigenvalue weighted by atomic mass is 35.5. The third-order valence-electron chi connectivity index (χ3n) is 4.26. The zero-order valence-corrected chi connectivity index (χ0v) is 15.4. The van der Waals surface area contributed by atoms with E-state index >= 15 is 0 Å². The first-order valence-corrected chi connectivity index (χ1v) is 8.56. The number of benzene rings is 2. The molecule has 0 spiro atoms. The molecule has 2 aromatic rings. The molecule has 0 saturated heterocycles.